The largest absolute Gasteiger partial charge is 0.545 e. The molecule has 0 aliphatic heterocycles. The number of hydrogen-bond acceptors (Lipinski definition) is 3. The molecule has 0 heterocycles. The number of rotatable bonds is 4. The first kappa shape index (κ1) is 13.1. The fourth-order valence-corrected chi connectivity index (χ4v) is 1.81. The third-order valence-electron chi connectivity index (χ3n) is 3.11. The maximum absolute atomic E-state index is 11.0. The van der Waals surface area contributed by atoms with Crippen molar-refractivity contribution in [2.45, 2.75) is 20.5 Å². The van der Waals surface area contributed by atoms with E-state index < -0.39 is 5.97 Å². The van der Waals surface area contributed by atoms with Gasteiger partial charge in [0.15, 0.2) is 0 Å². The first-order valence-corrected chi connectivity index (χ1v) is 6.07. The summed E-state index contributed by atoms with van der Waals surface area (Å²) in [7, 11) is 0. The Hall–Kier alpha value is -2.29. The van der Waals surface area contributed by atoms with Crippen molar-refractivity contribution in [1.82, 2.24) is 0 Å². The van der Waals surface area contributed by atoms with Gasteiger partial charge in [0.2, 0.25) is 0 Å². The molecule has 0 fully saturated rings. The number of ether oxygens (including phenoxy) is 1. The summed E-state index contributed by atoms with van der Waals surface area (Å²) in [6, 6.07) is 12.5. The Kier molecular flexibility index (Phi) is 3.85. The summed E-state index contributed by atoms with van der Waals surface area (Å²) >= 11 is 0. The van der Waals surface area contributed by atoms with Crippen LogP contribution in [0, 0.1) is 13.8 Å². The molecular formula is C16H15O3-. The Morgan fingerprint density at radius 2 is 1.84 bits per heavy atom. The van der Waals surface area contributed by atoms with Crippen molar-refractivity contribution in [2.24, 2.45) is 0 Å². The predicted molar refractivity (Wildman–Crippen MR) is 71.0 cm³/mol. The minimum Gasteiger partial charge on any atom is -0.545 e. The number of hydrogen-bond donors (Lipinski definition) is 0. The molecule has 0 N–H and O–H groups in total. The number of benzene rings is 2. The number of carboxylic acids is 1. The van der Waals surface area contributed by atoms with Gasteiger partial charge < -0.3 is 14.6 Å². The van der Waals surface area contributed by atoms with Gasteiger partial charge in [-0.15, -0.1) is 0 Å². The van der Waals surface area contributed by atoms with Crippen molar-refractivity contribution in [1.29, 1.82) is 0 Å². The molecule has 0 amide bonds. The predicted octanol–water partition coefficient (Wildman–Crippen LogP) is 2.25. The van der Waals surface area contributed by atoms with E-state index in [1.165, 1.54) is 11.6 Å². The molecular weight excluding hydrogens is 240 g/mol. The third-order valence-corrected chi connectivity index (χ3v) is 3.11. The number of carbonyl (C=O) groups is 1. The van der Waals surface area contributed by atoms with Crippen LogP contribution in [0.1, 0.15) is 27.0 Å². The SMILES string of the molecule is Cc1ccc(OCc2ccccc2C(=O)[O-])cc1C. The molecule has 3 heteroatoms. The summed E-state index contributed by atoms with van der Waals surface area (Å²) in [4.78, 5) is 11.0. The van der Waals surface area contributed by atoms with Gasteiger partial charge >= 0.3 is 0 Å². The molecule has 19 heavy (non-hydrogen) atoms. The molecule has 0 saturated heterocycles. The lowest BCUT2D eigenvalue weighted by Gasteiger charge is -2.12. The van der Waals surface area contributed by atoms with Crippen LogP contribution in [0.3, 0.4) is 0 Å². The maximum atomic E-state index is 11.0. The molecule has 0 radical (unpaired) electrons. The van der Waals surface area contributed by atoms with Crippen molar-refractivity contribution >= 4 is 5.97 Å². The lowest BCUT2D eigenvalue weighted by atomic mass is 10.1. The molecule has 98 valence electrons. The number of carbonyl (C=O) groups excluding carboxylic acids is 1. The topological polar surface area (TPSA) is 49.4 Å². The summed E-state index contributed by atoms with van der Waals surface area (Å²) in [6.07, 6.45) is 0. The Morgan fingerprint density at radius 3 is 2.53 bits per heavy atom. The van der Waals surface area contributed by atoms with E-state index in [2.05, 4.69) is 0 Å². The number of carboxylic acid groups (broad SMARTS) is 1. The highest BCUT2D eigenvalue weighted by molar-refractivity contribution is 5.87. The quantitative estimate of drug-likeness (QED) is 0.842. The smallest absolute Gasteiger partial charge is 0.120 e. The minimum atomic E-state index is -1.18. The van der Waals surface area contributed by atoms with Crippen molar-refractivity contribution < 1.29 is 14.6 Å². The van der Waals surface area contributed by atoms with Crippen molar-refractivity contribution in [3.63, 3.8) is 0 Å². The summed E-state index contributed by atoms with van der Waals surface area (Å²) in [5.74, 6) is -0.449. The molecule has 2 aromatic carbocycles. The van der Waals surface area contributed by atoms with Gasteiger partial charge in [-0.05, 0) is 42.7 Å². The second-order valence-electron chi connectivity index (χ2n) is 4.48. The van der Waals surface area contributed by atoms with Crippen molar-refractivity contribution in [2.75, 3.05) is 0 Å². The van der Waals surface area contributed by atoms with E-state index in [0.29, 0.717) is 5.56 Å². The second-order valence-corrected chi connectivity index (χ2v) is 4.48. The first-order valence-electron chi connectivity index (χ1n) is 6.07. The van der Waals surface area contributed by atoms with Crippen LogP contribution in [0.5, 0.6) is 5.75 Å². The average Bonchev–Trinajstić information content (AvgIpc) is 2.40. The molecule has 0 saturated carbocycles. The average molecular weight is 255 g/mol. The summed E-state index contributed by atoms with van der Waals surface area (Å²) in [6.45, 7) is 4.26. The molecule has 0 atom stereocenters. The monoisotopic (exact) mass is 255 g/mol. The Morgan fingerprint density at radius 1 is 1.11 bits per heavy atom. The van der Waals surface area contributed by atoms with Gasteiger partial charge in [0.1, 0.15) is 12.4 Å². The lowest BCUT2D eigenvalue weighted by Crippen LogP contribution is -2.24. The van der Waals surface area contributed by atoms with Gasteiger partial charge in [0, 0.05) is 5.56 Å². The molecule has 0 unspecified atom stereocenters. The van der Waals surface area contributed by atoms with Gasteiger partial charge in [-0.3, -0.25) is 0 Å². The zero-order valence-electron chi connectivity index (χ0n) is 11.0. The van der Waals surface area contributed by atoms with E-state index >= 15 is 0 Å². The number of aromatic carboxylic acids is 1. The van der Waals surface area contributed by atoms with Crippen LogP contribution in [0.15, 0.2) is 42.5 Å². The van der Waals surface area contributed by atoms with E-state index in [9.17, 15) is 9.90 Å². The van der Waals surface area contributed by atoms with Gasteiger partial charge in [0.05, 0.1) is 5.97 Å². The van der Waals surface area contributed by atoms with E-state index in [0.717, 1.165) is 11.3 Å². The standard InChI is InChI=1S/C16H16O3/c1-11-7-8-14(9-12(11)2)19-10-13-5-3-4-6-15(13)16(17)18/h3-9H,10H2,1-2H3,(H,17,18)/p-1. The summed E-state index contributed by atoms with van der Waals surface area (Å²) in [5.41, 5.74) is 3.13. The van der Waals surface area contributed by atoms with Crippen molar-refractivity contribution in [3.05, 3.63) is 64.7 Å². The Balaban J connectivity index is 2.14. The molecule has 0 aromatic heterocycles. The highest BCUT2D eigenvalue weighted by Crippen LogP contribution is 2.18. The van der Waals surface area contributed by atoms with Crippen LogP contribution in [0.25, 0.3) is 0 Å². The minimum absolute atomic E-state index is 0.173. The normalized spacial score (nSPS) is 10.2. The first-order chi connectivity index (χ1) is 9.08. The van der Waals surface area contributed by atoms with Crippen LogP contribution in [0.4, 0.5) is 0 Å². The molecule has 0 spiro atoms. The summed E-state index contributed by atoms with van der Waals surface area (Å²) < 4.78 is 5.63. The second kappa shape index (κ2) is 5.57. The third kappa shape index (κ3) is 3.13. The van der Waals surface area contributed by atoms with Crippen molar-refractivity contribution in [3.8, 4) is 5.75 Å². The highest BCUT2D eigenvalue weighted by Gasteiger charge is 2.04. The highest BCUT2D eigenvalue weighted by atomic mass is 16.5. The Labute approximate surface area is 112 Å². The fourth-order valence-electron chi connectivity index (χ4n) is 1.81. The fraction of sp³-hybridized carbons (Fsp3) is 0.188. The zero-order valence-corrected chi connectivity index (χ0v) is 11.0. The van der Waals surface area contributed by atoms with Gasteiger partial charge in [-0.25, -0.2) is 0 Å². The van der Waals surface area contributed by atoms with E-state index in [4.69, 9.17) is 4.74 Å². The van der Waals surface area contributed by atoms with E-state index in [1.54, 1.807) is 18.2 Å². The van der Waals surface area contributed by atoms with Gasteiger partial charge in [0.25, 0.3) is 0 Å². The zero-order chi connectivity index (χ0) is 13.8. The molecule has 3 nitrogen and oxygen atoms in total. The Bertz CT molecular complexity index is 603. The maximum Gasteiger partial charge on any atom is 0.120 e. The van der Waals surface area contributed by atoms with Crippen LogP contribution >= 0.6 is 0 Å². The van der Waals surface area contributed by atoms with Crippen LogP contribution in [0.2, 0.25) is 0 Å². The molecule has 0 aliphatic carbocycles. The lowest BCUT2D eigenvalue weighted by molar-refractivity contribution is -0.255. The molecule has 0 aliphatic rings. The van der Waals surface area contributed by atoms with Crippen LogP contribution in [-0.4, -0.2) is 5.97 Å². The number of aryl methyl sites for hydroxylation is 2. The molecule has 2 aromatic rings. The molecule has 2 rings (SSSR count). The van der Waals surface area contributed by atoms with Gasteiger partial charge in [-0.2, -0.15) is 0 Å². The summed E-state index contributed by atoms with van der Waals surface area (Å²) in [5, 5.41) is 11.0. The van der Waals surface area contributed by atoms with Gasteiger partial charge in [-0.1, -0.05) is 30.3 Å². The van der Waals surface area contributed by atoms with E-state index in [1.807, 2.05) is 32.0 Å². The van der Waals surface area contributed by atoms with E-state index in [-0.39, 0.29) is 12.2 Å². The molecule has 0 bridgehead atoms. The van der Waals surface area contributed by atoms with Crippen LogP contribution < -0.4 is 9.84 Å². The van der Waals surface area contributed by atoms with Crippen LogP contribution in [-0.2, 0) is 6.61 Å².